The summed E-state index contributed by atoms with van der Waals surface area (Å²) in [7, 11) is 0. The lowest BCUT2D eigenvalue weighted by Gasteiger charge is -2.18. The van der Waals surface area contributed by atoms with Gasteiger partial charge in [-0.1, -0.05) is 36.4 Å². The topological polar surface area (TPSA) is 87.2 Å². The predicted molar refractivity (Wildman–Crippen MR) is 82.2 cm³/mol. The van der Waals surface area contributed by atoms with Gasteiger partial charge in [-0.3, -0.25) is 14.5 Å². The van der Waals surface area contributed by atoms with Gasteiger partial charge >= 0.3 is 0 Å². The average Bonchev–Trinajstić information content (AvgIpc) is 2.77. The smallest absolute Gasteiger partial charge is 0.262 e. The van der Waals surface area contributed by atoms with E-state index in [-0.39, 0.29) is 16.7 Å². The highest BCUT2D eigenvalue weighted by Gasteiger charge is 2.39. The number of amides is 2. The van der Waals surface area contributed by atoms with Crippen LogP contribution in [0.3, 0.4) is 0 Å². The van der Waals surface area contributed by atoms with E-state index in [4.69, 9.17) is 11.0 Å². The third-order valence-electron chi connectivity index (χ3n) is 3.19. The monoisotopic (exact) mass is 301 g/mol. The van der Waals surface area contributed by atoms with Crippen molar-refractivity contribution in [3.63, 3.8) is 0 Å². The van der Waals surface area contributed by atoms with Crippen LogP contribution in [0.15, 0.2) is 34.9 Å². The Balaban J connectivity index is 2.58. The number of benzene rings is 1. The summed E-state index contributed by atoms with van der Waals surface area (Å²) in [6, 6.07) is 9.15. The number of hydrogen-bond acceptors (Lipinski definition) is 4. The number of carbonyl (C=O) groups is 2. The molecule has 0 saturated carbocycles. The van der Waals surface area contributed by atoms with Crippen LogP contribution in [0.5, 0.6) is 0 Å². The minimum absolute atomic E-state index is 0.129. The maximum absolute atomic E-state index is 12.5. The van der Waals surface area contributed by atoms with Crippen molar-refractivity contribution in [3.05, 3.63) is 40.4 Å². The summed E-state index contributed by atoms with van der Waals surface area (Å²) in [4.78, 5) is 25.3. The molecule has 1 atom stereocenters. The van der Waals surface area contributed by atoms with Crippen LogP contribution in [0.2, 0.25) is 0 Å². The molecule has 1 aromatic carbocycles. The molecule has 108 valence electrons. The summed E-state index contributed by atoms with van der Waals surface area (Å²) >= 11 is 1.22. The fraction of sp³-hybridized carbons (Fsp3) is 0.267. The molecular weight excluding hydrogens is 286 g/mol. The van der Waals surface area contributed by atoms with Crippen molar-refractivity contribution in [1.29, 1.82) is 5.26 Å². The molecule has 1 aliphatic rings. The molecular formula is C15H15N3O2S. The number of primary amides is 1. The first kappa shape index (κ1) is 15.1. The number of nitrogens with two attached hydrogens (primary N) is 1. The second kappa shape index (κ2) is 6.02. The minimum atomic E-state index is -0.818. The molecule has 5 nitrogen and oxygen atoms in total. The minimum Gasteiger partial charge on any atom is -0.365 e. The lowest BCUT2D eigenvalue weighted by Crippen LogP contribution is -2.29. The maximum atomic E-state index is 12.5. The number of thioether (sulfide) groups is 1. The third kappa shape index (κ3) is 2.78. The first-order valence-corrected chi connectivity index (χ1v) is 7.39. The molecule has 2 N–H and O–H groups in total. The zero-order valence-electron chi connectivity index (χ0n) is 11.8. The van der Waals surface area contributed by atoms with Crippen molar-refractivity contribution < 1.29 is 9.59 Å². The van der Waals surface area contributed by atoms with E-state index in [1.54, 1.807) is 12.1 Å². The van der Waals surface area contributed by atoms with Crippen LogP contribution < -0.4 is 10.6 Å². The first-order valence-electron chi connectivity index (χ1n) is 6.51. The lowest BCUT2D eigenvalue weighted by molar-refractivity contribution is -0.117. The molecule has 0 spiro atoms. The second-order valence-corrected chi connectivity index (χ2v) is 5.87. The summed E-state index contributed by atoms with van der Waals surface area (Å²) in [5, 5.41) is 9.17. The Kier molecular flexibility index (Phi) is 4.34. The van der Waals surface area contributed by atoms with Gasteiger partial charge in [0.05, 0.1) is 5.25 Å². The largest absolute Gasteiger partial charge is 0.365 e. The number of rotatable bonds is 3. The molecule has 1 saturated heterocycles. The molecule has 2 rings (SSSR count). The number of nitrogens with zero attached hydrogens (tertiary/aromatic N) is 2. The molecule has 6 heteroatoms. The normalized spacial score (nSPS) is 20.3. The molecule has 1 aromatic rings. The van der Waals surface area contributed by atoms with Crippen LogP contribution in [0, 0.1) is 18.3 Å². The Labute approximate surface area is 127 Å². The number of aryl methyl sites for hydroxylation is 1. The van der Waals surface area contributed by atoms with Crippen molar-refractivity contribution in [2.45, 2.75) is 25.5 Å². The Morgan fingerprint density at radius 2 is 2.05 bits per heavy atom. The Hall–Kier alpha value is -2.26. The fourth-order valence-corrected chi connectivity index (χ4v) is 3.26. The Bertz CT molecular complexity index is 658. The maximum Gasteiger partial charge on any atom is 0.262 e. The van der Waals surface area contributed by atoms with Crippen molar-refractivity contribution in [2.24, 2.45) is 5.73 Å². The second-order valence-electron chi connectivity index (χ2n) is 4.68. The van der Waals surface area contributed by atoms with E-state index in [9.17, 15) is 9.59 Å². The highest BCUT2D eigenvalue weighted by molar-refractivity contribution is 8.05. The molecule has 1 heterocycles. The van der Waals surface area contributed by atoms with Crippen LogP contribution in [-0.4, -0.2) is 17.1 Å². The Morgan fingerprint density at radius 3 is 2.52 bits per heavy atom. The van der Waals surface area contributed by atoms with Crippen LogP contribution in [0.25, 0.3) is 0 Å². The van der Waals surface area contributed by atoms with E-state index in [1.165, 1.54) is 16.7 Å². The van der Waals surface area contributed by atoms with Crippen molar-refractivity contribution in [3.8, 4) is 6.07 Å². The van der Waals surface area contributed by atoms with Gasteiger partial charge in [-0.2, -0.15) is 5.26 Å². The Morgan fingerprint density at radius 1 is 1.43 bits per heavy atom. The van der Waals surface area contributed by atoms with Gasteiger partial charge in [0, 0.05) is 5.69 Å². The summed E-state index contributed by atoms with van der Waals surface area (Å²) in [5.41, 5.74) is 6.78. The number of carbonyl (C=O) groups excluding carboxylic acids is 2. The fourth-order valence-electron chi connectivity index (χ4n) is 2.06. The summed E-state index contributed by atoms with van der Waals surface area (Å²) < 4.78 is 0. The van der Waals surface area contributed by atoms with E-state index in [0.29, 0.717) is 17.1 Å². The molecule has 0 aliphatic carbocycles. The lowest BCUT2D eigenvalue weighted by atomic mass is 10.2. The summed E-state index contributed by atoms with van der Waals surface area (Å²) in [5.74, 6) is -0.947. The van der Waals surface area contributed by atoms with Gasteiger partial charge < -0.3 is 5.73 Å². The molecule has 0 bridgehead atoms. The molecule has 2 amide bonds. The molecule has 1 aliphatic heterocycles. The van der Waals surface area contributed by atoms with Crippen molar-refractivity contribution in [2.75, 3.05) is 4.90 Å². The van der Waals surface area contributed by atoms with Crippen LogP contribution in [-0.2, 0) is 9.59 Å². The average molecular weight is 301 g/mol. The SMILES string of the molecule is CCC1S/C(=C(\C#N)C(N)=O)N(c2ccc(C)cc2)C1=O. The number of hydrogen-bond donors (Lipinski definition) is 1. The highest BCUT2D eigenvalue weighted by Crippen LogP contribution is 2.41. The quantitative estimate of drug-likeness (QED) is 0.684. The van der Waals surface area contributed by atoms with E-state index in [1.807, 2.05) is 32.0 Å². The van der Waals surface area contributed by atoms with E-state index in [2.05, 4.69) is 0 Å². The standard InChI is InChI=1S/C15H15N3O2S/c1-3-12-14(20)18(10-6-4-9(2)5-7-10)15(21-12)11(8-16)13(17)19/h4-7,12H,3H2,1-2H3,(H2,17,19)/b15-11+. The van der Waals surface area contributed by atoms with Gasteiger partial charge in [-0.25, -0.2) is 0 Å². The molecule has 1 unspecified atom stereocenters. The van der Waals surface area contributed by atoms with Gasteiger partial charge in [-0.15, -0.1) is 0 Å². The summed E-state index contributed by atoms with van der Waals surface area (Å²) in [6.07, 6.45) is 0.618. The molecule has 21 heavy (non-hydrogen) atoms. The molecule has 0 radical (unpaired) electrons. The van der Waals surface area contributed by atoms with Crippen molar-refractivity contribution >= 4 is 29.3 Å². The van der Waals surface area contributed by atoms with Gasteiger partial charge in [0.15, 0.2) is 0 Å². The van der Waals surface area contributed by atoms with Crippen LogP contribution in [0.1, 0.15) is 18.9 Å². The van der Waals surface area contributed by atoms with Crippen LogP contribution in [0.4, 0.5) is 5.69 Å². The van der Waals surface area contributed by atoms with Gasteiger partial charge in [-0.05, 0) is 25.5 Å². The molecule has 0 aromatic heterocycles. The number of nitriles is 1. The highest BCUT2D eigenvalue weighted by atomic mass is 32.2. The van der Waals surface area contributed by atoms with Gasteiger partial charge in [0.25, 0.3) is 5.91 Å². The zero-order chi connectivity index (χ0) is 15.6. The van der Waals surface area contributed by atoms with Gasteiger partial charge in [0.1, 0.15) is 16.7 Å². The van der Waals surface area contributed by atoms with Gasteiger partial charge in [0.2, 0.25) is 5.91 Å². The molecule has 1 fully saturated rings. The zero-order valence-corrected chi connectivity index (χ0v) is 12.6. The van der Waals surface area contributed by atoms with E-state index < -0.39 is 5.91 Å². The summed E-state index contributed by atoms with van der Waals surface area (Å²) in [6.45, 7) is 3.84. The first-order chi connectivity index (χ1) is 9.99. The van der Waals surface area contributed by atoms with Crippen molar-refractivity contribution in [1.82, 2.24) is 0 Å². The number of anilines is 1. The predicted octanol–water partition coefficient (Wildman–Crippen LogP) is 2.07. The van der Waals surface area contributed by atoms with E-state index >= 15 is 0 Å². The third-order valence-corrected chi connectivity index (χ3v) is 4.62. The van der Waals surface area contributed by atoms with Crippen LogP contribution >= 0.6 is 11.8 Å². The van der Waals surface area contributed by atoms with E-state index in [0.717, 1.165) is 5.56 Å².